The Hall–Kier alpha value is -3.26. The van der Waals surface area contributed by atoms with Crippen LogP contribution in [0.5, 0.6) is 11.8 Å². The van der Waals surface area contributed by atoms with Gasteiger partial charge in [-0.3, -0.25) is 10.6 Å². The molecule has 2 amide bonds. The summed E-state index contributed by atoms with van der Waals surface area (Å²) in [7, 11) is 0. The van der Waals surface area contributed by atoms with Crippen LogP contribution < -0.4 is 20.1 Å². The van der Waals surface area contributed by atoms with Crippen molar-refractivity contribution in [1.29, 1.82) is 0 Å². The zero-order chi connectivity index (χ0) is 24.9. The molecule has 0 saturated heterocycles. The highest BCUT2D eigenvalue weighted by atomic mass is 35.5. The molecule has 0 aliphatic carbocycles. The quantitative estimate of drug-likeness (QED) is 0.349. The first kappa shape index (κ1) is 25.4. The van der Waals surface area contributed by atoms with Gasteiger partial charge in [0.1, 0.15) is 0 Å². The van der Waals surface area contributed by atoms with Crippen LogP contribution >= 0.6 is 22.9 Å². The van der Waals surface area contributed by atoms with E-state index in [0.29, 0.717) is 16.1 Å². The third kappa shape index (κ3) is 8.26. The molecular formula is C19H13ClF6N4O3S. The third-order valence-electron chi connectivity index (χ3n) is 3.69. The SMILES string of the molecule is O=C(Nc1nc(OCC(F)(F)F)cc(OCC(F)(F)F)n1)Nc1cc(-c2ccc(Cl)cc2)cs1. The van der Waals surface area contributed by atoms with Crippen molar-refractivity contribution in [3.05, 3.63) is 46.8 Å². The van der Waals surface area contributed by atoms with Crippen molar-refractivity contribution in [2.45, 2.75) is 12.4 Å². The van der Waals surface area contributed by atoms with Crippen LogP contribution in [-0.4, -0.2) is 41.6 Å². The Kier molecular flexibility index (Phi) is 7.71. The van der Waals surface area contributed by atoms with Crippen molar-refractivity contribution in [1.82, 2.24) is 9.97 Å². The normalized spacial score (nSPS) is 11.7. The molecule has 182 valence electrons. The molecule has 2 N–H and O–H groups in total. The number of carbonyl (C=O) groups is 1. The third-order valence-corrected chi connectivity index (χ3v) is 4.78. The molecule has 1 aromatic carbocycles. The van der Waals surface area contributed by atoms with Crippen molar-refractivity contribution in [3.8, 4) is 22.9 Å². The van der Waals surface area contributed by atoms with Gasteiger partial charge in [0.15, 0.2) is 13.2 Å². The lowest BCUT2D eigenvalue weighted by molar-refractivity contribution is -0.154. The minimum Gasteiger partial charge on any atom is -0.468 e. The Morgan fingerprint density at radius 1 is 0.882 bits per heavy atom. The second-order valence-electron chi connectivity index (χ2n) is 6.46. The Labute approximate surface area is 196 Å². The van der Waals surface area contributed by atoms with Crippen molar-refractivity contribution in [2.24, 2.45) is 0 Å². The zero-order valence-corrected chi connectivity index (χ0v) is 18.2. The Balaban J connectivity index is 1.71. The monoisotopic (exact) mass is 526 g/mol. The molecule has 0 spiro atoms. The number of anilines is 2. The van der Waals surface area contributed by atoms with Crippen molar-refractivity contribution in [3.63, 3.8) is 0 Å². The zero-order valence-electron chi connectivity index (χ0n) is 16.6. The van der Waals surface area contributed by atoms with Gasteiger partial charge >= 0.3 is 18.4 Å². The summed E-state index contributed by atoms with van der Waals surface area (Å²) in [6.07, 6.45) is -9.46. The summed E-state index contributed by atoms with van der Waals surface area (Å²) >= 11 is 7.02. The Bertz CT molecular complexity index is 1100. The first-order valence-corrected chi connectivity index (χ1v) is 10.3. The number of nitrogens with one attached hydrogen (secondary N) is 2. The van der Waals surface area contributed by atoms with E-state index in [9.17, 15) is 31.1 Å². The molecule has 0 unspecified atom stereocenters. The summed E-state index contributed by atoms with van der Waals surface area (Å²) in [6.45, 7) is -3.53. The molecule has 0 radical (unpaired) electrons. The molecule has 34 heavy (non-hydrogen) atoms. The number of aromatic nitrogens is 2. The molecule has 0 aliphatic heterocycles. The van der Waals surface area contributed by atoms with Gasteiger partial charge in [0.25, 0.3) is 0 Å². The molecule has 0 atom stereocenters. The molecule has 7 nitrogen and oxygen atoms in total. The van der Waals surface area contributed by atoms with Crippen LogP contribution in [0.25, 0.3) is 11.1 Å². The first-order chi connectivity index (χ1) is 15.9. The Morgan fingerprint density at radius 3 is 1.97 bits per heavy atom. The van der Waals surface area contributed by atoms with E-state index < -0.39 is 49.3 Å². The van der Waals surface area contributed by atoms with E-state index in [1.807, 2.05) is 0 Å². The summed E-state index contributed by atoms with van der Waals surface area (Å²) in [6, 6.07) is 8.32. The number of hydrogen-bond donors (Lipinski definition) is 2. The van der Waals surface area contributed by atoms with Crippen molar-refractivity contribution >= 4 is 39.9 Å². The van der Waals surface area contributed by atoms with E-state index in [1.54, 1.807) is 35.7 Å². The highest BCUT2D eigenvalue weighted by molar-refractivity contribution is 7.14. The van der Waals surface area contributed by atoms with E-state index in [-0.39, 0.29) is 0 Å². The number of hydrogen-bond acceptors (Lipinski definition) is 6. The van der Waals surface area contributed by atoms with E-state index >= 15 is 0 Å². The average Bonchev–Trinajstić information content (AvgIpc) is 3.18. The van der Waals surface area contributed by atoms with Gasteiger partial charge in [0.2, 0.25) is 17.7 Å². The minimum atomic E-state index is -4.73. The van der Waals surface area contributed by atoms with E-state index in [4.69, 9.17) is 11.6 Å². The maximum absolute atomic E-state index is 12.4. The highest BCUT2D eigenvalue weighted by Crippen LogP contribution is 2.30. The van der Waals surface area contributed by atoms with Crippen molar-refractivity contribution in [2.75, 3.05) is 23.8 Å². The number of halogens is 7. The number of alkyl halides is 6. The second kappa shape index (κ2) is 10.3. The molecule has 15 heteroatoms. The van der Waals surface area contributed by atoms with Gasteiger partial charge in [-0.25, -0.2) is 4.79 Å². The van der Waals surface area contributed by atoms with Crippen LogP contribution in [0.4, 0.5) is 42.1 Å². The fourth-order valence-electron chi connectivity index (χ4n) is 2.36. The molecule has 3 aromatic rings. The second-order valence-corrected chi connectivity index (χ2v) is 7.81. The van der Waals surface area contributed by atoms with Crippen LogP contribution in [0.1, 0.15) is 0 Å². The van der Waals surface area contributed by atoms with Gasteiger partial charge in [-0.1, -0.05) is 23.7 Å². The van der Waals surface area contributed by atoms with Gasteiger partial charge in [-0.05, 0) is 29.3 Å². The predicted octanol–water partition coefficient (Wildman–Crippen LogP) is 6.38. The Morgan fingerprint density at radius 2 is 1.44 bits per heavy atom. The van der Waals surface area contributed by atoms with Crippen LogP contribution in [-0.2, 0) is 0 Å². The van der Waals surface area contributed by atoms with Gasteiger partial charge < -0.3 is 9.47 Å². The fraction of sp³-hybridized carbons (Fsp3) is 0.211. The number of amides is 2. The van der Waals surface area contributed by atoms with Crippen molar-refractivity contribution < 1.29 is 40.6 Å². The maximum Gasteiger partial charge on any atom is 0.422 e. The molecule has 0 fully saturated rings. The minimum absolute atomic E-state index is 0.389. The number of ether oxygens (including phenoxy) is 2. The summed E-state index contributed by atoms with van der Waals surface area (Å²) in [5, 5.41) is 7.28. The van der Waals surface area contributed by atoms with Crippen LogP contribution in [0.2, 0.25) is 5.02 Å². The largest absolute Gasteiger partial charge is 0.468 e. The van der Waals surface area contributed by atoms with Crippen LogP contribution in [0.3, 0.4) is 0 Å². The number of rotatable bonds is 7. The molecule has 2 aromatic heterocycles. The fourth-order valence-corrected chi connectivity index (χ4v) is 3.29. The first-order valence-electron chi connectivity index (χ1n) is 9.07. The molecule has 0 saturated carbocycles. The van der Waals surface area contributed by atoms with Gasteiger partial charge in [-0.15, -0.1) is 11.3 Å². The lowest BCUT2D eigenvalue weighted by Crippen LogP contribution is -2.23. The lowest BCUT2D eigenvalue weighted by Gasteiger charge is -2.13. The number of urea groups is 1. The van der Waals surface area contributed by atoms with Gasteiger partial charge in [0.05, 0.1) is 11.1 Å². The average molecular weight is 527 g/mol. The molecule has 0 aliphatic rings. The number of carbonyl (C=O) groups excluding carboxylic acids is 1. The number of benzene rings is 1. The maximum atomic E-state index is 12.4. The molecule has 3 rings (SSSR count). The highest BCUT2D eigenvalue weighted by Gasteiger charge is 2.30. The van der Waals surface area contributed by atoms with Gasteiger partial charge in [0, 0.05) is 10.4 Å². The molecule has 2 heterocycles. The van der Waals surface area contributed by atoms with E-state index in [1.165, 1.54) is 11.3 Å². The summed E-state index contributed by atoms with van der Waals surface area (Å²) in [5.41, 5.74) is 1.61. The lowest BCUT2D eigenvalue weighted by atomic mass is 10.1. The van der Waals surface area contributed by atoms with E-state index in [2.05, 4.69) is 30.1 Å². The topological polar surface area (TPSA) is 85.4 Å². The summed E-state index contributed by atoms with van der Waals surface area (Å²) in [4.78, 5) is 19.4. The molecular weight excluding hydrogens is 514 g/mol. The number of nitrogens with zero attached hydrogens (tertiary/aromatic N) is 2. The van der Waals surface area contributed by atoms with Gasteiger partial charge in [-0.2, -0.15) is 36.3 Å². The standard InChI is InChI=1S/C19H13ClF6N4O3S/c20-12-3-1-10(2-4-12)11-5-15(34-7-11)29-17(31)30-16-27-13(32-8-18(21,22)23)6-14(28-16)33-9-19(24,25)26/h1-7H,8-9H2,(H2,27,28,29,30,31). The molecule has 0 bridgehead atoms. The summed E-state index contributed by atoms with van der Waals surface area (Å²) < 4.78 is 83.3. The smallest absolute Gasteiger partial charge is 0.422 e. The summed E-state index contributed by atoms with van der Waals surface area (Å²) in [5.74, 6) is -2.13. The predicted molar refractivity (Wildman–Crippen MR) is 113 cm³/mol. The number of thiophene rings is 1. The van der Waals surface area contributed by atoms with E-state index in [0.717, 1.165) is 11.1 Å². The van der Waals surface area contributed by atoms with Crippen LogP contribution in [0.15, 0.2) is 41.8 Å². The van der Waals surface area contributed by atoms with Crippen LogP contribution in [0, 0.1) is 0 Å².